The molecule has 7 heteroatoms. The van der Waals surface area contributed by atoms with Crippen molar-refractivity contribution in [3.63, 3.8) is 0 Å². The number of fused-ring (bicyclic) bond motifs is 2. The summed E-state index contributed by atoms with van der Waals surface area (Å²) in [5, 5.41) is 11.0. The number of allylic oxidation sites excluding steroid dienone is 4. The van der Waals surface area contributed by atoms with Crippen LogP contribution in [0.2, 0.25) is 0 Å². The number of piperidine rings is 1. The molecule has 1 fully saturated rings. The van der Waals surface area contributed by atoms with E-state index in [1.54, 1.807) is 13.3 Å². The van der Waals surface area contributed by atoms with Gasteiger partial charge in [-0.1, -0.05) is 24.3 Å². The second kappa shape index (κ2) is 9.85. The van der Waals surface area contributed by atoms with Gasteiger partial charge in [0.05, 0.1) is 5.60 Å². The van der Waals surface area contributed by atoms with E-state index in [9.17, 15) is 13.9 Å². The van der Waals surface area contributed by atoms with E-state index >= 15 is 0 Å². The monoisotopic (exact) mass is 478 g/mol. The summed E-state index contributed by atoms with van der Waals surface area (Å²) in [6.07, 6.45) is 13.4. The molecule has 0 saturated carbocycles. The van der Waals surface area contributed by atoms with E-state index in [1.165, 1.54) is 6.07 Å². The fourth-order valence-electron chi connectivity index (χ4n) is 4.87. The molecule has 2 aliphatic heterocycles. The van der Waals surface area contributed by atoms with Crippen LogP contribution in [0.4, 0.5) is 8.78 Å². The third kappa shape index (κ3) is 4.85. The topological polar surface area (TPSA) is 54.8 Å². The van der Waals surface area contributed by atoms with E-state index in [-0.39, 0.29) is 6.10 Å². The predicted molar refractivity (Wildman–Crippen MR) is 129 cm³/mol. The molecule has 0 amide bonds. The minimum Gasteiger partial charge on any atom is -0.438 e. The third-order valence-corrected chi connectivity index (χ3v) is 6.93. The number of rotatable bonds is 5. The average molecular weight is 479 g/mol. The first-order valence-electron chi connectivity index (χ1n) is 11.8. The Labute approximate surface area is 203 Å². The zero-order valence-corrected chi connectivity index (χ0v) is 19.6. The van der Waals surface area contributed by atoms with Gasteiger partial charge in [0.25, 0.3) is 0 Å². The summed E-state index contributed by atoms with van der Waals surface area (Å²) in [5.74, 6) is -0.531. The first-order valence-corrected chi connectivity index (χ1v) is 11.8. The molecule has 3 aliphatic rings. The number of aromatic nitrogens is 1. The summed E-state index contributed by atoms with van der Waals surface area (Å²) in [7, 11) is 1.68. The van der Waals surface area contributed by atoms with Crippen LogP contribution in [0.1, 0.15) is 30.4 Å². The number of nitrogens with zero attached hydrogens (tertiary/aromatic N) is 2. The summed E-state index contributed by atoms with van der Waals surface area (Å²) in [6, 6.07) is 7.56. The zero-order valence-electron chi connectivity index (χ0n) is 19.6. The number of halogens is 2. The van der Waals surface area contributed by atoms with Crippen molar-refractivity contribution in [1.82, 2.24) is 9.88 Å². The van der Waals surface area contributed by atoms with Crippen molar-refractivity contribution in [2.45, 2.75) is 31.0 Å². The van der Waals surface area contributed by atoms with Gasteiger partial charge >= 0.3 is 0 Å². The lowest BCUT2D eigenvalue weighted by atomic mass is 9.84. The maximum absolute atomic E-state index is 13.7. The van der Waals surface area contributed by atoms with Crippen LogP contribution in [0.5, 0.6) is 5.88 Å². The number of benzene rings is 1. The fraction of sp³-hybridized carbons (Fsp3) is 0.321. The number of hydrogen-bond acceptors (Lipinski definition) is 5. The Balaban J connectivity index is 1.29. The van der Waals surface area contributed by atoms with Gasteiger partial charge in [0.1, 0.15) is 11.9 Å². The molecule has 0 bridgehead atoms. The SMILES string of the molecule is COC1C=CC=C2Oc3ncccc3C(=CCCN3CCC(O)(c4ccc(F)c(F)c4)CC3)C=C21. The van der Waals surface area contributed by atoms with E-state index < -0.39 is 17.2 Å². The van der Waals surface area contributed by atoms with Gasteiger partial charge in [0.15, 0.2) is 11.6 Å². The van der Waals surface area contributed by atoms with Crippen LogP contribution in [0.15, 0.2) is 78.2 Å². The largest absolute Gasteiger partial charge is 0.438 e. The minimum absolute atomic E-state index is 0.191. The number of likely N-dealkylation sites (tertiary alicyclic amines) is 1. The van der Waals surface area contributed by atoms with Crippen LogP contribution in [0, 0.1) is 11.6 Å². The Morgan fingerprint density at radius 1 is 1.23 bits per heavy atom. The Morgan fingerprint density at radius 3 is 2.83 bits per heavy atom. The predicted octanol–water partition coefficient (Wildman–Crippen LogP) is 4.90. The number of aliphatic hydroxyl groups is 1. The molecule has 0 spiro atoms. The minimum atomic E-state index is -1.14. The molecule has 3 heterocycles. The molecule has 1 atom stereocenters. The standard InChI is InChI=1S/C28H28F2N2O3/c1-34-25-7-2-8-26-22(25)17-19(21-6-3-13-31-27(21)35-26)5-4-14-32-15-11-28(33,12-16-32)20-9-10-23(29)24(30)18-20/h2-3,5-10,13,17-18,25,33H,4,11-12,14-16H2,1H3. The first-order chi connectivity index (χ1) is 17.0. The van der Waals surface area contributed by atoms with Gasteiger partial charge in [-0.05, 0) is 66.8 Å². The van der Waals surface area contributed by atoms with Crippen molar-refractivity contribution in [3.05, 3.63) is 101 Å². The highest BCUT2D eigenvalue weighted by atomic mass is 19.2. The number of hydrogen-bond donors (Lipinski definition) is 1. The van der Waals surface area contributed by atoms with E-state index in [4.69, 9.17) is 9.47 Å². The van der Waals surface area contributed by atoms with Crippen molar-refractivity contribution in [2.24, 2.45) is 0 Å². The van der Waals surface area contributed by atoms with Crippen molar-refractivity contribution in [1.29, 1.82) is 0 Å². The molecular formula is C28H28F2N2O3. The fourth-order valence-corrected chi connectivity index (χ4v) is 4.87. The van der Waals surface area contributed by atoms with E-state index in [1.807, 2.05) is 30.4 Å². The van der Waals surface area contributed by atoms with Crippen LogP contribution in [0.3, 0.4) is 0 Å². The van der Waals surface area contributed by atoms with Crippen molar-refractivity contribution >= 4 is 5.57 Å². The average Bonchev–Trinajstić information content (AvgIpc) is 3.03. The second-order valence-corrected chi connectivity index (χ2v) is 9.08. The zero-order chi connectivity index (χ0) is 24.4. The smallest absolute Gasteiger partial charge is 0.227 e. The molecule has 0 radical (unpaired) electrons. The number of ether oxygens (including phenoxy) is 2. The lowest BCUT2D eigenvalue weighted by Gasteiger charge is -2.38. The Bertz CT molecular complexity index is 1230. The van der Waals surface area contributed by atoms with Crippen LogP contribution >= 0.6 is 0 Å². The molecule has 1 unspecified atom stereocenters. The van der Waals surface area contributed by atoms with E-state index in [2.05, 4.69) is 22.0 Å². The molecule has 182 valence electrons. The van der Waals surface area contributed by atoms with Gasteiger partial charge < -0.3 is 19.5 Å². The molecule has 1 aromatic carbocycles. The molecule has 5 nitrogen and oxygen atoms in total. The Morgan fingerprint density at radius 2 is 2.06 bits per heavy atom. The Kier molecular flexibility index (Phi) is 6.65. The summed E-state index contributed by atoms with van der Waals surface area (Å²) in [6.45, 7) is 2.15. The molecule has 1 saturated heterocycles. The number of methoxy groups -OCH3 is 1. The normalized spacial score (nSPS) is 22.5. The molecule has 5 rings (SSSR count). The molecular weight excluding hydrogens is 450 g/mol. The van der Waals surface area contributed by atoms with Gasteiger partial charge in [-0.2, -0.15) is 0 Å². The van der Waals surface area contributed by atoms with Gasteiger partial charge in [0.2, 0.25) is 5.88 Å². The maximum atomic E-state index is 13.7. The second-order valence-electron chi connectivity index (χ2n) is 9.08. The van der Waals surface area contributed by atoms with Crippen molar-refractivity contribution in [3.8, 4) is 5.88 Å². The highest BCUT2D eigenvalue weighted by Gasteiger charge is 2.34. The maximum Gasteiger partial charge on any atom is 0.227 e. The molecule has 2 aromatic rings. The van der Waals surface area contributed by atoms with E-state index in [0.29, 0.717) is 37.4 Å². The molecule has 1 aromatic heterocycles. The van der Waals surface area contributed by atoms with Crippen molar-refractivity contribution < 1.29 is 23.4 Å². The highest BCUT2D eigenvalue weighted by molar-refractivity contribution is 5.80. The lowest BCUT2D eigenvalue weighted by Crippen LogP contribution is -2.42. The number of pyridine rings is 1. The van der Waals surface area contributed by atoms with Crippen LogP contribution in [-0.4, -0.2) is 47.8 Å². The summed E-state index contributed by atoms with van der Waals surface area (Å²) in [4.78, 5) is 6.72. The van der Waals surface area contributed by atoms with E-state index in [0.717, 1.165) is 47.6 Å². The quantitative estimate of drug-likeness (QED) is 0.662. The van der Waals surface area contributed by atoms with Crippen LogP contribution < -0.4 is 4.74 Å². The van der Waals surface area contributed by atoms with Crippen LogP contribution in [0.25, 0.3) is 5.57 Å². The van der Waals surface area contributed by atoms with Gasteiger partial charge in [0, 0.05) is 44.1 Å². The van der Waals surface area contributed by atoms with Gasteiger partial charge in [-0.3, -0.25) is 0 Å². The summed E-state index contributed by atoms with van der Waals surface area (Å²) in [5.41, 5.74) is 2.21. The van der Waals surface area contributed by atoms with Crippen molar-refractivity contribution in [2.75, 3.05) is 26.7 Å². The van der Waals surface area contributed by atoms with Crippen LogP contribution in [-0.2, 0) is 10.3 Å². The molecule has 35 heavy (non-hydrogen) atoms. The highest BCUT2D eigenvalue weighted by Crippen LogP contribution is 2.37. The molecule has 1 aliphatic carbocycles. The summed E-state index contributed by atoms with van der Waals surface area (Å²) >= 11 is 0. The summed E-state index contributed by atoms with van der Waals surface area (Å²) < 4.78 is 38.7. The van der Waals surface area contributed by atoms with Gasteiger partial charge in [-0.15, -0.1) is 0 Å². The Hall–Kier alpha value is -3.13. The third-order valence-electron chi connectivity index (χ3n) is 6.93. The lowest BCUT2D eigenvalue weighted by molar-refractivity contribution is -0.0257. The molecule has 1 N–H and O–H groups in total. The van der Waals surface area contributed by atoms with Gasteiger partial charge in [-0.25, -0.2) is 13.8 Å². The first kappa shape index (κ1) is 23.6.